The summed E-state index contributed by atoms with van der Waals surface area (Å²) in [5.41, 5.74) is 7.29. The van der Waals surface area contributed by atoms with Crippen molar-refractivity contribution in [2.45, 2.75) is 53.9 Å². The maximum absolute atomic E-state index is 13.2. The predicted octanol–water partition coefficient (Wildman–Crippen LogP) is 4.89. The molecule has 37 heavy (non-hydrogen) atoms. The molecule has 6 nitrogen and oxygen atoms in total. The summed E-state index contributed by atoms with van der Waals surface area (Å²) in [5.74, 6) is -1.06. The zero-order valence-corrected chi connectivity index (χ0v) is 21.9. The number of alkyl halides is 3. The number of nitrogens with two attached hydrogens (primary N) is 1. The third-order valence-electron chi connectivity index (χ3n) is 6.88. The number of hydrogen-bond acceptors (Lipinski definition) is 6. The highest BCUT2D eigenvalue weighted by Gasteiger charge is 2.39. The number of ether oxygens (including phenoxy) is 1. The van der Waals surface area contributed by atoms with Gasteiger partial charge in [-0.1, -0.05) is 12.1 Å². The van der Waals surface area contributed by atoms with Crippen molar-refractivity contribution in [3.05, 3.63) is 60.2 Å². The van der Waals surface area contributed by atoms with Crippen LogP contribution in [0.3, 0.4) is 0 Å². The molecule has 2 aliphatic rings. The molecule has 4 rings (SSSR count). The van der Waals surface area contributed by atoms with Gasteiger partial charge in [0.1, 0.15) is 5.75 Å². The fourth-order valence-corrected chi connectivity index (χ4v) is 7.21. The van der Waals surface area contributed by atoms with E-state index >= 15 is 0 Å². The summed E-state index contributed by atoms with van der Waals surface area (Å²) in [7, 11) is -3.59. The average Bonchev–Trinajstić information content (AvgIpc) is 2.83. The maximum atomic E-state index is 13.2. The number of rotatable bonds is 7. The van der Waals surface area contributed by atoms with Gasteiger partial charge in [0.25, 0.3) is 0 Å². The monoisotopic (exact) mass is 554 g/mol. The Hall–Kier alpha value is -2.50. The van der Waals surface area contributed by atoms with E-state index in [-0.39, 0.29) is 40.3 Å². The van der Waals surface area contributed by atoms with Gasteiger partial charge in [-0.2, -0.15) is 0 Å². The van der Waals surface area contributed by atoms with Crippen LogP contribution in [0.4, 0.5) is 13.2 Å². The van der Waals surface area contributed by atoms with Crippen molar-refractivity contribution in [3.8, 4) is 5.75 Å². The minimum Gasteiger partial charge on any atom is -0.406 e. The van der Waals surface area contributed by atoms with Crippen LogP contribution in [0, 0.1) is 5.92 Å². The Morgan fingerprint density at radius 2 is 1.86 bits per heavy atom. The molecule has 1 aliphatic heterocycles. The summed E-state index contributed by atoms with van der Waals surface area (Å²) < 4.78 is 68.3. The van der Waals surface area contributed by atoms with Gasteiger partial charge < -0.3 is 15.4 Å². The first-order valence-corrected chi connectivity index (χ1v) is 14.8. The molecule has 1 aliphatic carbocycles. The fourth-order valence-electron chi connectivity index (χ4n) is 5.14. The first-order valence-electron chi connectivity index (χ1n) is 11.9. The van der Waals surface area contributed by atoms with Crippen LogP contribution in [0.2, 0.25) is 0 Å². The van der Waals surface area contributed by atoms with Crippen molar-refractivity contribution >= 4 is 33.1 Å². The van der Waals surface area contributed by atoms with Crippen LogP contribution in [-0.2, 0) is 14.6 Å². The minimum absolute atomic E-state index is 0.110. The Bertz CT molecular complexity index is 1260. The van der Waals surface area contributed by atoms with Crippen molar-refractivity contribution in [2.75, 3.05) is 18.6 Å². The third kappa shape index (κ3) is 6.88. The van der Waals surface area contributed by atoms with Gasteiger partial charge in [-0.05, 0) is 85.4 Å². The largest absolute Gasteiger partial charge is 0.573 e. The Kier molecular flexibility index (Phi) is 8.25. The fraction of sp³-hybridized carbons (Fsp3) is 0.423. The van der Waals surface area contributed by atoms with E-state index in [1.807, 2.05) is 6.26 Å². The van der Waals surface area contributed by atoms with Crippen molar-refractivity contribution in [3.63, 3.8) is 0 Å². The molecule has 3 atom stereocenters. The highest BCUT2D eigenvalue weighted by molar-refractivity contribution is 7.98. The molecule has 0 unspecified atom stereocenters. The van der Waals surface area contributed by atoms with Crippen molar-refractivity contribution in [1.82, 2.24) is 4.90 Å². The van der Waals surface area contributed by atoms with Crippen molar-refractivity contribution in [1.29, 1.82) is 0 Å². The molecule has 2 aromatic rings. The molecule has 200 valence electrons. The van der Waals surface area contributed by atoms with Crippen molar-refractivity contribution < 1.29 is 31.1 Å². The highest BCUT2D eigenvalue weighted by atomic mass is 32.2. The molecule has 0 aromatic heterocycles. The first-order chi connectivity index (χ1) is 17.4. The predicted molar refractivity (Wildman–Crippen MR) is 137 cm³/mol. The van der Waals surface area contributed by atoms with Gasteiger partial charge in [-0.25, -0.2) is 8.42 Å². The summed E-state index contributed by atoms with van der Waals surface area (Å²) in [4.78, 5) is 16.1. The summed E-state index contributed by atoms with van der Waals surface area (Å²) in [6.45, 7) is 0.341. The number of thioether (sulfide) groups is 1. The number of hydrogen-bond donors (Lipinski definition) is 1. The zero-order valence-electron chi connectivity index (χ0n) is 20.3. The van der Waals surface area contributed by atoms with E-state index in [1.54, 1.807) is 35.2 Å². The SMILES string of the molecule is CSc1ccc(S(=O)(=O)C[C@@H]2C[C@H](N)CC[C@@H]2N2CCC(c3cccc(OC(F)(F)F)c3)=CC2=O)cc1. The lowest BCUT2D eigenvalue weighted by atomic mass is 9.81. The van der Waals surface area contributed by atoms with E-state index in [2.05, 4.69) is 4.74 Å². The lowest BCUT2D eigenvalue weighted by Gasteiger charge is -2.43. The number of nitrogens with zero attached hydrogens (tertiary/aromatic N) is 1. The van der Waals surface area contributed by atoms with Gasteiger partial charge in [0.05, 0.1) is 10.6 Å². The Morgan fingerprint density at radius 3 is 2.51 bits per heavy atom. The normalized spacial score (nSPS) is 23.1. The quantitative estimate of drug-likeness (QED) is 0.490. The smallest absolute Gasteiger partial charge is 0.406 e. The third-order valence-corrected chi connectivity index (χ3v) is 9.48. The molecule has 11 heteroatoms. The van der Waals surface area contributed by atoms with Gasteiger partial charge in [-0.3, -0.25) is 4.79 Å². The van der Waals surface area contributed by atoms with Crippen LogP contribution in [0.1, 0.15) is 31.2 Å². The summed E-state index contributed by atoms with van der Waals surface area (Å²) >= 11 is 1.53. The van der Waals surface area contributed by atoms with Crippen LogP contribution < -0.4 is 10.5 Å². The van der Waals surface area contributed by atoms with E-state index in [4.69, 9.17) is 5.73 Å². The van der Waals surface area contributed by atoms with E-state index in [1.165, 1.54) is 36.0 Å². The molecule has 0 radical (unpaired) electrons. The standard InChI is InChI=1S/C26H29F3N2O4S2/c1-36-22-6-8-23(9-7-22)37(33,34)16-19-13-20(30)5-10-24(19)31-12-11-18(15-25(31)32)17-3-2-4-21(14-17)35-26(27,28)29/h2-4,6-9,14-15,19-20,24H,5,10-13,16,30H2,1H3/t19-,20+,24-/m0/s1. The van der Waals surface area contributed by atoms with E-state index in [0.29, 0.717) is 43.4 Å². The molecule has 1 amide bonds. The molecule has 2 N–H and O–H groups in total. The zero-order chi connectivity index (χ0) is 26.8. The number of benzene rings is 2. The molecule has 0 bridgehead atoms. The lowest BCUT2D eigenvalue weighted by molar-refractivity contribution is -0.274. The number of carbonyl (C=O) groups excluding carboxylic acids is 1. The van der Waals surface area contributed by atoms with Gasteiger partial charge in [0.2, 0.25) is 5.91 Å². The van der Waals surface area contributed by atoms with Crippen LogP contribution in [0.25, 0.3) is 5.57 Å². The topological polar surface area (TPSA) is 89.7 Å². The van der Waals surface area contributed by atoms with Gasteiger partial charge in [-0.15, -0.1) is 24.9 Å². The van der Waals surface area contributed by atoms with Gasteiger partial charge >= 0.3 is 6.36 Å². The molecule has 1 fully saturated rings. The number of halogens is 3. The molecule has 0 saturated heterocycles. The summed E-state index contributed by atoms with van der Waals surface area (Å²) in [5, 5.41) is 0. The Labute approximate surface area is 219 Å². The molecule has 0 spiro atoms. The van der Waals surface area contributed by atoms with Crippen LogP contribution >= 0.6 is 11.8 Å². The molecule has 1 heterocycles. The average molecular weight is 555 g/mol. The molecular formula is C26H29F3N2O4S2. The summed E-state index contributed by atoms with van der Waals surface area (Å²) in [6.07, 6.45) is 0.735. The lowest BCUT2D eigenvalue weighted by Crippen LogP contribution is -2.51. The molecular weight excluding hydrogens is 525 g/mol. The van der Waals surface area contributed by atoms with Gasteiger partial charge in [0.15, 0.2) is 9.84 Å². The molecule has 1 saturated carbocycles. The second-order valence-electron chi connectivity index (χ2n) is 9.38. The second kappa shape index (κ2) is 11.1. The number of sulfone groups is 1. The number of carbonyl (C=O) groups is 1. The van der Waals surface area contributed by atoms with Crippen LogP contribution in [0.5, 0.6) is 5.75 Å². The first kappa shape index (κ1) is 27.5. The van der Waals surface area contributed by atoms with Crippen LogP contribution in [0.15, 0.2) is 64.4 Å². The summed E-state index contributed by atoms with van der Waals surface area (Å²) in [6, 6.07) is 11.9. The Balaban J connectivity index is 1.52. The molecule has 2 aromatic carbocycles. The second-order valence-corrected chi connectivity index (χ2v) is 12.3. The maximum Gasteiger partial charge on any atom is 0.573 e. The highest BCUT2D eigenvalue weighted by Crippen LogP contribution is 2.35. The van der Waals surface area contributed by atoms with Crippen LogP contribution in [-0.4, -0.2) is 56.2 Å². The van der Waals surface area contributed by atoms with E-state index in [9.17, 15) is 26.4 Å². The Morgan fingerprint density at radius 1 is 1.14 bits per heavy atom. The van der Waals surface area contributed by atoms with Gasteiger partial charge in [0, 0.05) is 29.6 Å². The minimum atomic E-state index is -4.81. The van der Waals surface area contributed by atoms with E-state index < -0.39 is 16.2 Å². The number of amides is 1. The van der Waals surface area contributed by atoms with Crippen molar-refractivity contribution in [2.24, 2.45) is 11.7 Å². The van der Waals surface area contributed by atoms with E-state index in [0.717, 1.165) is 4.90 Å².